The minimum atomic E-state index is -1.37. The number of fused-ring (bicyclic) bond motifs is 7. The molecule has 1 N–H and O–H groups in total. The van der Waals surface area contributed by atoms with E-state index < -0.39 is 35.5 Å². The predicted molar refractivity (Wildman–Crippen MR) is 204 cm³/mol. The lowest BCUT2D eigenvalue weighted by molar-refractivity contribution is 0.107. The first kappa shape index (κ1) is 37.6. The molecule has 6 aliphatic rings. The van der Waals surface area contributed by atoms with E-state index in [1.54, 1.807) is 28.9 Å². The van der Waals surface area contributed by atoms with Crippen LogP contribution in [-0.4, -0.2) is 120 Å². The van der Waals surface area contributed by atoms with Gasteiger partial charge in [-0.1, -0.05) is 6.07 Å². The van der Waals surface area contributed by atoms with Crippen molar-refractivity contribution in [3.05, 3.63) is 47.7 Å². The second-order valence-corrected chi connectivity index (χ2v) is 16.2. The molecule has 8 heterocycles. The van der Waals surface area contributed by atoms with Crippen molar-refractivity contribution in [3.63, 3.8) is 0 Å². The van der Waals surface area contributed by atoms with Crippen LogP contribution in [0.3, 0.4) is 0 Å². The van der Waals surface area contributed by atoms with Crippen LogP contribution in [0.25, 0.3) is 32.9 Å². The first-order valence-electron chi connectivity index (χ1n) is 20.0. The van der Waals surface area contributed by atoms with Crippen LogP contribution in [0.4, 0.5) is 28.6 Å². The molecule has 2 atom stereocenters. The van der Waals surface area contributed by atoms with Crippen molar-refractivity contribution in [2.75, 3.05) is 70.6 Å². The summed E-state index contributed by atoms with van der Waals surface area (Å²) in [6, 6.07) is 5.88. The van der Waals surface area contributed by atoms with Gasteiger partial charge in [0, 0.05) is 44.4 Å². The Bertz CT molecular complexity index is 2210. The maximum absolute atomic E-state index is 17.5. The molecule has 0 radical (unpaired) electrons. The number of alkyl carbamates (subject to hydrolysis) is 1. The fourth-order valence-corrected chi connectivity index (χ4v) is 9.54. The third-order valence-corrected chi connectivity index (χ3v) is 12.1. The highest BCUT2D eigenvalue weighted by atomic mass is 19.1. The number of halogens is 3. The van der Waals surface area contributed by atoms with E-state index in [9.17, 15) is 9.59 Å². The third kappa shape index (κ3) is 7.26. The summed E-state index contributed by atoms with van der Waals surface area (Å²) in [7, 11) is 0. The molecule has 6 bridgehead atoms. The molecule has 2 unspecified atom stereocenters. The molecular formula is C41H46F3N7O6. The zero-order chi connectivity index (χ0) is 39.3. The Hall–Kier alpha value is -4.96. The number of aryl methyl sites for hydroxylation is 1. The lowest BCUT2D eigenvalue weighted by atomic mass is 9.90. The summed E-state index contributed by atoms with van der Waals surface area (Å²) in [6.45, 7) is 5.67. The molecule has 0 aliphatic carbocycles. The molecule has 16 heteroatoms. The van der Waals surface area contributed by atoms with Gasteiger partial charge in [-0.3, -0.25) is 9.88 Å². The monoisotopic (exact) mass is 789 g/mol. The zero-order valence-corrected chi connectivity index (χ0v) is 32.0. The van der Waals surface area contributed by atoms with Crippen molar-refractivity contribution in [2.24, 2.45) is 0 Å². The number of aromatic nitrogens is 3. The Kier molecular flexibility index (Phi) is 9.95. The number of anilines is 1. The summed E-state index contributed by atoms with van der Waals surface area (Å²) in [5.41, 5.74) is -1.10. The zero-order valence-electron chi connectivity index (χ0n) is 32.0. The number of carbonyl (C=O) groups excluding carboxylic acids is 2. The van der Waals surface area contributed by atoms with E-state index >= 15 is 13.2 Å². The molecule has 10 rings (SSSR count). The van der Waals surface area contributed by atoms with Crippen LogP contribution in [0.2, 0.25) is 0 Å². The van der Waals surface area contributed by atoms with Gasteiger partial charge in [-0.2, -0.15) is 9.97 Å². The number of hydrogen-bond donors (Lipinski definition) is 1. The van der Waals surface area contributed by atoms with Gasteiger partial charge >= 0.3 is 18.2 Å². The molecule has 2 aromatic heterocycles. The molecule has 4 fully saturated rings. The van der Waals surface area contributed by atoms with Crippen molar-refractivity contribution in [1.29, 1.82) is 0 Å². The second kappa shape index (κ2) is 15.1. The van der Waals surface area contributed by atoms with Gasteiger partial charge in [0.2, 0.25) is 0 Å². The predicted octanol–water partition coefficient (Wildman–Crippen LogP) is 6.33. The number of ether oxygens (including phenoxy) is 4. The molecule has 2 aromatic carbocycles. The van der Waals surface area contributed by atoms with Crippen LogP contribution in [0.1, 0.15) is 57.4 Å². The largest absolute Gasteiger partial charge is 0.461 e. The number of benzene rings is 2. The average Bonchev–Trinajstić information content (AvgIpc) is 3.64. The highest BCUT2D eigenvalue weighted by Crippen LogP contribution is 2.42. The highest BCUT2D eigenvalue weighted by molar-refractivity contribution is 6.02. The van der Waals surface area contributed by atoms with Crippen LogP contribution >= 0.6 is 0 Å². The van der Waals surface area contributed by atoms with Gasteiger partial charge < -0.3 is 34.1 Å². The van der Waals surface area contributed by atoms with Gasteiger partial charge in [-0.15, -0.1) is 0 Å². The van der Waals surface area contributed by atoms with Crippen LogP contribution in [0.15, 0.2) is 30.5 Å². The van der Waals surface area contributed by atoms with Crippen molar-refractivity contribution in [2.45, 2.75) is 75.5 Å². The van der Waals surface area contributed by atoms with E-state index in [0.29, 0.717) is 50.1 Å². The molecule has 0 saturated carbocycles. The van der Waals surface area contributed by atoms with E-state index in [1.165, 1.54) is 18.3 Å². The third-order valence-electron chi connectivity index (χ3n) is 12.1. The van der Waals surface area contributed by atoms with E-state index in [2.05, 4.69) is 20.2 Å². The van der Waals surface area contributed by atoms with Crippen molar-refractivity contribution < 1.29 is 41.7 Å². The number of carbonyl (C=O) groups is 2. The van der Waals surface area contributed by atoms with E-state index in [4.69, 9.17) is 23.9 Å². The van der Waals surface area contributed by atoms with Crippen LogP contribution < -0.4 is 19.7 Å². The van der Waals surface area contributed by atoms with Crippen molar-refractivity contribution >= 4 is 39.7 Å². The van der Waals surface area contributed by atoms with Crippen molar-refractivity contribution in [1.82, 2.24) is 30.1 Å². The molecule has 4 saturated heterocycles. The summed E-state index contributed by atoms with van der Waals surface area (Å²) >= 11 is 0. The minimum Gasteiger partial charge on any atom is -0.461 e. The lowest BCUT2D eigenvalue weighted by Gasteiger charge is -2.42. The number of pyridine rings is 1. The molecule has 4 aromatic rings. The minimum absolute atomic E-state index is 0.0149. The summed E-state index contributed by atoms with van der Waals surface area (Å²) in [5.74, 6) is -1.06. The molecule has 0 spiro atoms. The van der Waals surface area contributed by atoms with E-state index in [1.807, 2.05) is 0 Å². The molecule has 6 aliphatic heterocycles. The first-order valence-corrected chi connectivity index (χ1v) is 20.0. The quantitative estimate of drug-likeness (QED) is 0.249. The summed E-state index contributed by atoms with van der Waals surface area (Å²) < 4.78 is 72.4. The molecule has 302 valence electrons. The first-order chi connectivity index (χ1) is 27.6. The SMILES string of the molecule is CC12CC(F)CN(C1)c1nc(OCC34CCCN3CCC4)nc3c(F)c(ncc13)-c1cc(OC(=O)N3CCCOCC3)cc3ccc(F)c(c13)CCCOC(=O)N2. The number of alkyl halides is 1. The summed E-state index contributed by atoms with van der Waals surface area (Å²) in [4.78, 5) is 46.2. The molecular weight excluding hydrogens is 743 g/mol. The standard InChI is InChI=1S/C41H46F3N7O6/c1-40-20-26(42)22-50(23-40)36-30-21-45-34(33(44)35(30)46-37(47-36)56-24-41-9-3-12-51(41)13-4-10-41)29-19-27(57-39(53)49-11-5-15-54-17-14-49)18-25-7-8-31(43)28(32(25)29)6-2-16-55-38(52)48-40/h7-8,18-19,21,26H,2-6,9-17,20,22-24H2,1H3,(H,48,52). The van der Waals surface area contributed by atoms with Gasteiger partial charge in [0.1, 0.15) is 41.4 Å². The van der Waals surface area contributed by atoms with E-state index in [0.717, 1.165) is 38.8 Å². The Morgan fingerprint density at radius 3 is 2.72 bits per heavy atom. The van der Waals surface area contributed by atoms with Crippen molar-refractivity contribution in [3.8, 4) is 23.0 Å². The van der Waals surface area contributed by atoms with E-state index in [-0.39, 0.29) is 89.8 Å². The number of nitrogens with zero attached hydrogens (tertiary/aromatic N) is 6. The Morgan fingerprint density at radius 2 is 1.88 bits per heavy atom. The summed E-state index contributed by atoms with van der Waals surface area (Å²) in [6.07, 6.45) is 3.76. The van der Waals surface area contributed by atoms with Gasteiger partial charge in [0.15, 0.2) is 5.82 Å². The Balaban J connectivity index is 1.21. The Morgan fingerprint density at radius 1 is 1.04 bits per heavy atom. The number of amides is 2. The van der Waals surface area contributed by atoms with Gasteiger partial charge in [-0.25, -0.2) is 22.8 Å². The number of piperidine rings is 1. The second-order valence-electron chi connectivity index (χ2n) is 16.2. The number of nitrogens with one attached hydrogen (secondary N) is 1. The molecule has 13 nitrogen and oxygen atoms in total. The topological polar surface area (TPSA) is 131 Å². The highest BCUT2D eigenvalue weighted by Gasteiger charge is 2.45. The molecule has 57 heavy (non-hydrogen) atoms. The number of hydrogen-bond acceptors (Lipinski definition) is 11. The summed E-state index contributed by atoms with van der Waals surface area (Å²) in [5, 5.41) is 3.89. The fourth-order valence-electron chi connectivity index (χ4n) is 9.54. The fraction of sp³-hybridized carbons (Fsp3) is 0.537. The van der Waals surface area contributed by atoms with Crippen LogP contribution in [-0.2, 0) is 15.9 Å². The van der Waals surface area contributed by atoms with Gasteiger partial charge in [0.05, 0.1) is 36.2 Å². The van der Waals surface area contributed by atoms with Gasteiger partial charge in [0.25, 0.3) is 0 Å². The smallest absolute Gasteiger partial charge is 0.415 e. The van der Waals surface area contributed by atoms with Crippen LogP contribution in [0.5, 0.6) is 11.8 Å². The normalized spacial score (nSPS) is 23.9. The maximum Gasteiger partial charge on any atom is 0.415 e. The lowest BCUT2D eigenvalue weighted by Crippen LogP contribution is -2.60. The molecule has 2 amide bonds. The maximum atomic E-state index is 17.5. The Labute approximate surface area is 327 Å². The van der Waals surface area contributed by atoms with Crippen LogP contribution in [0, 0.1) is 11.6 Å². The van der Waals surface area contributed by atoms with Gasteiger partial charge in [-0.05, 0) is 99.5 Å². The number of rotatable bonds is 4. The average molecular weight is 790 g/mol.